The molecule has 6 nitrogen and oxygen atoms in total. The van der Waals surface area contributed by atoms with Gasteiger partial charge >= 0.3 is 5.97 Å². The zero-order chi connectivity index (χ0) is 22.1. The number of para-hydroxylation sites is 1. The molecule has 0 spiro atoms. The maximum Gasteiger partial charge on any atom is 0.337 e. The summed E-state index contributed by atoms with van der Waals surface area (Å²) in [5.41, 5.74) is 2.60. The van der Waals surface area contributed by atoms with Crippen LogP contribution >= 0.6 is 12.2 Å². The SMILES string of the molecule is COC(=O)c1ccc(NC(=S)NC(=O)c2ccccc2OCCc2ccccc2)cc1. The van der Waals surface area contributed by atoms with Crippen molar-refractivity contribution in [3.63, 3.8) is 0 Å². The molecule has 31 heavy (non-hydrogen) atoms. The predicted octanol–water partition coefficient (Wildman–Crippen LogP) is 4.22. The summed E-state index contributed by atoms with van der Waals surface area (Å²) in [5.74, 6) is -0.313. The van der Waals surface area contributed by atoms with Gasteiger partial charge in [0.25, 0.3) is 5.91 Å². The Labute approximate surface area is 186 Å². The van der Waals surface area contributed by atoms with Crippen LogP contribution in [0.5, 0.6) is 5.75 Å². The van der Waals surface area contributed by atoms with Crippen molar-refractivity contribution in [2.24, 2.45) is 0 Å². The first kappa shape index (κ1) is 22.0. The van der Waals surface area contributed by atoms with Crippen molar-refractivity contribution < 1.29 is 19.1 Å². The molecular weight excluding hydrogens is 412 g/mol. The van der Waals surface area contributed by atoms with Crippen molar-refractivity contribution in [1.29, 1.82) is 0 Å². The van der Waals surface area contributed by atoms with Crippen molar-refractivity contribution in [3.8, 4) is 5.75 Å². The Bertz CT molecular complexity index is 1050. The van der Waals surface area contributed by atoms with Crippen LogP contribution in [0.15, 0.2) is 78.9 Å². The van der Waals surface area contributed by atoms with E-state index in [2.05, 4.69) is 15.4 Å². The van der Waals surface area contributed by atoms with Crippen LogP contribution in [-0.2, 0) is 11.2 Å². The van der Waals surface area contributed by atoms with E-state index in [1.165, 1.54) is 7.11 Å². The topological polar surface area (TPSA) is 76.7 Å². The molecule has 158 valence electrons. The van der Waals surface area contributed by atoms with Gasteiger partial charge in [0.1, 0.15) is 5.75 Å². The largest absolute Gasteiger partial charge is 0.492 e. The Morgan fingerprint density at radius 3 is 2.29 bits per heavy atom. The summed E-state index contributed by atoms with van der Waals surface area (Å²) in [5, 5.41) is 5.70. The predicted molar refractivity (Wildman–Crippen MR) is 124 cm³/mol. The van der Waals surface area contributed by atoms with Gasteiger partial charge in [0.05, 0.1) is 24.8 Å². The molecule has 0 atom stereocenters. The lowest BCUT2D eigenvalue weighted by atomic mass is 10.1. The van der Waals surface area contributed by atoms with Gasteiger partial charge in [0.15, 0.2) is 5.11 Å². The molecule has 3 aromatic rings. The highest BCUT2D eigenvalue weighted by atomic mass is 32.1. The number of amides is 1. The fraction of sp³-hybridized carbons (Fsp3) is 0.125. The number of methoxy groups -OCH3 is 1. The molecule has 0 saturated carbocycles. The first-order valence-corrected chi connectivity index (χ1v) is 10.0. The molecule has 0 unspecified atom stereocenters. The standard InChI is InChI=1S/C24H22N2O4S/c1-29-23(28)18-11-13-19(14-12-18)25-24(31)26-22(27)20-9-5-6-10-21(20)30-16-15-17-7-3-2-4-8-17/h2-14H,15-16H2,1H3,(H2,25,26,27,31). The van der Waals surface area contributed by atoms with Crippen LogP contribution in [0.25, 0.3) is 0 Å². The van der Waals surface area contributed by atoms with E-state index in [-0.39, 0.29) is 11.0 Å². The Morgan fingerprint density at radius 1 is 0.903 bits per heavy atom. The van der Waals surface area contributed by atoms with Crippen LogP contribution in [0.1, 0.15) is 26.3 Å². The molecule has 0 radical (unpaired) electrons. The Hall–Kier alpha value is -3.71. The average molecular weight is 435 g/mol. The lowest BCUT2D eigenvalue weighted by Crippen LogP contribution is -2.34. The second-order valence-corrected chi connectivity index (χ2v) is 6.97. The summed E-state index contributed by atoms with van der Waals surface area (Å²) in [6.45, 7) is 0.448. The van der Waals surface area contributed by atoms with Gasteiger partial charge in [-0.05, 0) is 54.2 Å². The highest BCUT2D eigenvalue weighted by Crippen LogP contribution is 2.18. The number of carbonyl (C=O) groups excluding carboxylic acids is 2. The van der Waals surface area contributed by atoms with Crippen LogP contribution in [-0.4, -0.2) is 30.7 Å². The van der Waals surface area contributed by atoms with Crippen LogP contribution < -0.4 is 15.4 Å². The van der Waals surface area contributed by atoms with Gasteiger partial charge in [0.2, 0.25) is 0 Å². The van der Waals surface area contributed by atoms with Gasteiger partial charge in [-0.3, -0.25) is 10.1 Å². The molecule has 0 aliphatic rings. The van der Waals surface area contributed by atoms with E-state index >= 15 is 0 Å². The van der Waals surface area contributed by atoms with Crippen molar-refractivity contribution in [3.05, 3.63) is 95.6 Å². The van der Waals surface area contributed by atoms with Gasteiger partial charge in [-0.25, -0.2) is 4.79 Å². The van der Waals surface area contributed by atoms with E-state index in [0.717, 1.165) is 12.0 Å². The number of ether oxygens (including phenoxy) is 2. The molecule has 2 N–H and O–H groups in total. The molecule has 0 aliphatic heterocycles. The normalized spacial score (nSPS) is 10.1. The lowest BCUT2D eigenvalue weighted by Gasteiger charge is -2.13. The lowest BCUT2D eigenvalue weighted by molar-refractivity contribution is 0.0600. The van der Waals surface area contributed by atoms with Crippen molar-refractivity contribution >= 4 is 34.9 Å². The second kappa shape index (κ2) is 10.9. The van der Waals surface area contributed by atoms with E-state index in [4.69, 9.17) is 17.0 Å². The Kier molecular flexibility index (Phi) is 7.73. The van der Waals surface area contributed by atoms with E-state index in [1.807, 2.05) is 36.4 Å². The molecule has 3 rings (SSSR count). The molecule has 0 heterocycles. The number of nitrogens with one attached hydrogen (secondary N) is 2. The van der Waals surface area contributed by atoms with E-state index < -0.39 is 5.97 Å². The van der Waals surface area contributed by atoms with Gasteiger partial charge < -0.3 is 14.8 Å². The number of carbonyl (C=O) groups is 2. The van der Waals surface area contributed by atoms with Gasteiger partial charge in [-0.1, -0.05) is 42.5 Å². The maximum absolute atomic E-state index is 12.7. The third-order valence-electron chi connectivity index (χ3n) is 4.41. The fourth-order valence-electron chi connectivity index (χ4n) is 2.84. The highest BCUT2D eigenvalue weighted by Gasteiger charge is 2.14. The third-order valence-corrected chi connectivity index (χ3v) is 4.62. The minimum absolute atomic E-state index is 0.134. The summed E-state index contributed by atoms with van der Waals surface area (Å²) in [6, 6.07) is 23.6. The molecular formula is C24H22N2O4S. The first-order valence-electron chi connectivity index (χ1n) is 9.63. The van der Waals surface area contributed by atoms with E-state index in [9.17, 15) is 9.59 Å². The summed E-state index contributed by atoms with van der Waals surface area (Å²) in [7, 11) is 1.32. The van der Waals surface area contributed by atoms with Gasteiger partial charge in [-0.2, -0.15) is 0 Å². The van der Waals surface area contributed by atoms with Gasteiger partial charge in [-0.15, -0.1) is 0 Å². The zero-order valence-electron chi connectivity index (χ0n) is 17.0. The average Bonchev–Trinajstić information content (AvgIpc) is 2.80. The molecule has 1 amide bonds. The number of rotatable bonds is 7. The number of hydrogen-bond acceptors (Lipinski definition) is 5. The quantitative estimate of drug-likeness (QED) is 0.428. The summed E-state index contributed by atoms with van der Waals surface area (Å²) < 4.78 is 10.5. The van der Waals surface area contributed by atoms with E-state index in [1.54, 1.807) is 42.5 Å². The Balaban J connectivity index is 1.57. The summed E-state index contributed by atoms with van der Waals surface area (Å²) in [4.78, 5) is 24.2. The minimum Gasteiger partial charge on any atom is -0.492 e. The Morgan fingerprint density at radius 2 is 1.58 bits per heavy atom. The molecule has 3 aromatic carbocycles. The smallest absolute Gasteiger partial charge is 0.337 e. The van der Waals surface area contributed by atoms with Crippen LogP contribution in [0, 0.1) is 0 Å². The van der Waals surface area contributed by atoms with Crippen LogP contribution in [0.3, 0.4) is 0 Å². The number of esters is 1. The van der Waals surface area contributed by atoms with Crippen molar-refractivity contribution in [2.45, 2.75) is 6.42 Å². The minimum atomic E-state index is -0.425. The molecule has 0 bridgehead atoms. The summed E-state index contributed by atoms with van der Waals surface area (Å²) in [6.07, 6.45) is 0.734. The number of benzene rings is 3. The number of hydrogen-bond donors (Lipinski definition) is 2. The van der Waals surface area contributed by atoms with Crippen LogP contribution in [0.4, 0.5) is 5.69 Å². The molecule has 0 fully saturated rings. The monoisotopic (exact) mass is 434 g/mol. The summed E-state index contributed by atoms with van der Waals surface area (Å²) >= 11 is 5.24. The zero-order valence-corrected chi connectivity index (χ0v) is 17.8. The molecule has 7 heteroatoms. The van der Waals surface area contributed by atoms with Gasteiger partial charge in [0, 0.05) is 12.1 Å². The molecule has 0 aromatic heterocycles. The number of anilines is 1. The molecule has 0 aliphatic carbocycles. The van der Waals surface area contributed by atoms with E-state index in [0.29, 0.717) is 29.2 Å². The van der Waals surface area contributed by atoms with Crippen LogP contribution in [0.2, 0.25) is 0 Å². The van der Waals surface area contributed by atoms with Crippen molar-refractivity contribution in [2.75, 3.05) is 19.0 Å². The first-order chi connectivity index (χ1) is 15.1. The number of thiocarbonyl (C=S) groups is 1. The fourth-order valence-corrected chi connectivity index (χ4v) is 3.05. The highest BCUT2D eigenvalue weighted by molar-refractivity contribution is 7.80. The second-order valence-electron chi connectivity index (χ2n) is 6.56. The molecule has 0 saturated heterocycles. The third kappa shape index (κ3) is 6.38. The maximum atomic E-state index is 12.7. The van der Waals surface area contributed by atoms with Crippen molar-refractivity contribution in [1.82, 2.24) is 5.32 Å².